The molecule has 33 heavy (non-hydrogen) atoms. The van der Waals surface area contributed by atoms with Crippen LogP contribution in [-0.2, 0) is 14.3 Å². The van der Waals surface area contributed by atoms with Crippen LogP contribution in [0.4, 0.5) is 0 Å². The summed E-state index contributed by atoms with van der Waals surface area (Å²) in [6.07, 6.45) is 5.17. The Morgan fingerprint density at radius 3 is 2.55 bits per heavy atom. The van der Waals surface area contributed by atoms with Crippen LogP contribution in [0.2, 0.25) is 0 Å². The van der Waals surface area contributed by atoms with Gasteiger partial charge in [0.25, 0.3) is 0 Å². The van der Waals surface area contributed by atoms with Crippen LogP contribution in [0.1, 0.15) is 72.6 Å². The number of allylic oxidation sites excluding steroid dienone is 2. The molecule has 2 aliphatic rings. The average molecular weight is 475 g/mol. The summed E-state index contributed by atoms with van der Waals surface area (Å²) in [5.74, 6) is -1.43. The number of esters is 1. The van der Waals surface area contributed by atoms with E-state index in [0.29, 0.717) is 25.7 Å². The third-order valence-corrected chi connectivity index (χ3v) is 6.84. The molecular formula is C25H39NaO7. The van der Waals surface area contributed by atoms with Crippen LogP contribution in [0, 0.1) is 23.2 Å². The van der Waals surface area contributed by atoms with Crippen molar-refractivity contribution < 1.29 is 64.3 Å². The average Bonchev–Trinajstić information content (AvgIpc) is 2.66. The van der Waals surface area contributed by atoms with Crippen molar-refractivity contribution in [3.63, 3.8) is 0 Å². The molecule has 0 fully saturated rings. The van der Waals surface area contributed by atoms with Crippen LogP contribution >= 0.6 is 0 Å². The third kappa shape index (κ3) is 8.79. The standard InChI is InChI=1S/C25H40O7.Na/c1-5-10-25(3,4)24(31)32-21-13-18(27)11-16-7-6-15(2)20(23(16)21)9-8-17(26)12-19(28)14-22(29)30;/h6-7,11,15,17-21,23,26-28H,5,8-10,12-14H2,1-4H3,(H,29,30);/q;+1/p-1/t15-,17?,18+,19+,20-,21-,23-;/m0./s1. The molecule has 0 radical (unpaired) electrons. The van der Waals surface area contributed by atoms with Gasteiger partial charge in [0, 0.05) is 24.7 Å². The predicted octanol–water partition coefficient (Wildman–Crippen LogP) is -1.11. The molecule has 0 heterocycles. The molecule has 1 unspecified atom stereocenters. The van der Waals surface area contributed by atoms with E-state index in [1.807, 2.05) is 32.9 Å². The van der Waals surface area contributed by atoms with Gasteiger partial charge in [-0.2, -0.15) is 0 Å². The second kappa shape index (κ2) is 13.4. The fourth-order valence-electron chi connectivity index (χ4n) is 5.10. The van der Waals surface area contributed by atoms with Gasteiger partial charge in [0.15, 0.2) is 0 Å². The van der Waals surface area contributed by atoms with Crippen LogP contribution in [0.3, 0.4) is 0 Å². The second-order valence-corrected chi connectivity index (χ2v) is 10.2. The van der Waals surface area contributed by atoms with Gasteiger partial charge in [-0.1, -0.05) is 38.5 Å². The van der Waals surface area contributed by atoms with Crippen LogP contribution in [-0.4, -0.2) is 51.7 Å². The summed E-state index contributed by atoms with van der Waals surface area (Å²) < 4.78 is 5.99. The molecule has 0 aromatic carbocycles. The third-order valence-electron chi connectivity index (χ3n) is 6.84. The van der Waals surface area contributed by atoms with Crippen molar-refractivity contribution in [2.75, 3.05) is 0 Å². The maximum Gasteiger partial charge on any atom is 1.00 e. The Hall–Kier alpha value is -0.700. The molecule has 7 atom stereocenters. The first-order valence-electron chi connectivity index (χ1n) is 11.8. The van der Waals surface area contributed by atoms with Crippen LogP contribution in [0.5, 0.6) is 0 Å². The number of aliphatic carboxylic acids is 1. The molecule has 0 saturated carbocycles. The first-order chi connectivity index (χ1) is 14.9. The number of fused-ring (bicyclic) bond motifs is 1. The van der Waals surface area contributed by atoms with Crippen LogP contribution in [0.25, 0.3) is 0 Å². The van der Waals surface area contributed by atoms with Crippen molar-refractivity contribution in [3.8, 4) is 0 Å². The normalized spacial score (nSPS) is 28.7. The molecule has 2 rings (SSSR count). The van der Waals surface area contributed by atoms with Gasteiger partial charge in [-0.25, -0.2) is 0 Å². The molecule has 182 valence electrons. The maximum atomic E-state index is 12.9. The van der Waals surface area contributed by atoms with E-state index in [1.165, 1.54) is 0 Å². The molecule has 0 aromatic rings. The van der Waals surface area contributed by atoms with Crippen molar-refractivity contribution in [2.45, 2.75) is 97.1 Å². The monoisotopic (exact) mass is 474 g/mol. The minimum atomic E-state index is -1.35. The number of carboxylic acid groups (broad SMARTS) is 1. The summed E-state index contributed by atoms with van der Waals surface area (Å²) in [5, 5.41) is 41.1. The fourth-order valence-corrected chi connectivity index (χ4v) is 5.10. The predicted molar refractivity (Wildman–Crippen MR) is 118 cm³/mol. The van der Waals surface area contributed by atoms with E-state index in [1.54, 1.807) is 0 Å². The molecule has 0 bridgehead atoms. The van der Waals surface area contributed by atoms with Gasteiger partial charge in [0.05, 0.1) is 23.7 Å². The van der Waals surface area contributed by atoms with E-state index in [9.17, 15) is 30.0 Å². The summed E-state index contributed by atoms with van der Waals surface area (Å²) in [5.41, 5.74) is 0.349. The number of ether oxygens (including phenoxy) is 1. The molecule has 8 heteroatoms. The largest absolute Gasteiger partial charge is 1.00 e. The topological polar surface area (TPSA) is 127 Å². The number of rotatable bonds is 11. The Morgan fingerprint density at radius 1 is 1.27 bits per heavy atom. The zero-order valence-corrected chi connectivity index (χ0v) is 22.7. The van der Waals surface area contributed by atoms with Crippen LogP contribution in [0.15, 0.2) is 23.8 Å². The zero-order chi connectivity index (χ0) is 24.1. The Kier molecular flexibility index (Phi) is 12.3. The van der Waals surface area contributed by atoms with E-state index in [2.05, 4.69) is 13.0 Å². The minimum Gasteiger partial charge on any atom is -0.550 e. The smallest absolute Gasteiger partial charge is 0.550 e. The van der Waals surface area contributed by atoms with E-state index in [-0.39, 0.29) is 59.7 Å². The SMILES string of the molecule is CCCC(C)(C)C(=O)O[C@H]1C[C@H](O)C=C2C=C[C@H](C)[C@H](CCC(O)C[C@@H](O)CC(=O)[O-])[C@H]21.[Na+]. The molecule has 2 aliphatic carbocycles. The van der Waals surface area contributed by atoms with Crippen LogP contribution < -0.4 is 34.7 Å². The Balaban J connectivity index is 0.00000544. The van der Waals surface area contributed by atoms with Crippen molar-refractivity contribution in [2.24, 2.45) is 23.2 Å². The molecule has 0 spiro atoms. The van der Waals surface area contributed by atoms with Gasteiger partial charge in [-0.05, 0) is 56.9 Å². The van der Waals surface area contributed by atoms with E-state index in [4.69, 9.17) is 4.74 Å². The Bertz CT molecular complexity index is 718. The Morgan fingerprint density at radius 2 is 1.94 bits per heavy atom. The maximum absolute atomic E-state index is 12.9. The first-order valence-corrected chi connectivity index (χ1v) is 11.8. The quantitative estimate of drug-likeness (QED) is 0.256. The van der Waals surface area contributed by atoms with Gasteiger partial charge in [-0.3, -0.25) is 4.79 Å². The number of aliphatic hydroxyl groups excluding tert-OH is 3. The fraction of sp³-hybridized carbons (Fsp3) is 0.760. The van der Waals surface area contributed by atoms with E-state index >= 15 is 0 Å². The molecule has 7 nitrogen and oxygen atoms in total. The van der Waals surface area contributed by atoms with E-state index < -0.39 is 42.2 Å². The number of carbonyl (C=O) groups is 2. The number of hydrogen-bond donors (Lipinski definition) is 3. The van der Waals surface area contributed by atoms with E-state index in [0.717, 1.165) is 12.0 Å². The molecule has 0 saturated heterocycles. The molecule has 3 N–H and O–H groups in total. The van der Waals surface area contributed by atoms with Crippen molar-refractivity contribution in [1.29, 1.82) is 0 Å². The van der Waals surface area contributed by atoms with Gasteiger partial charge < -0.3 is 30.0 Å². The summed E-state index contributed by atoms with van der Waals surface area (Å²) in [6.45, 7) is 7.87. The summed E-state index contributed by atoms with van der Waals surface area (Å²) in [6, 6.07) is 0. The second-order valence-electron chi connectivity index (χ2n) is 10.2. The van der Waals surface area contributed by atoms with Crippen molar-refractivity contribution >= 4 is 11.9 Å². The first kappa shape index (κ1) is 30.3. The Labute approximate surface area is 219 Å². The summed E-state index contributed by atoms with van der Waals surface area (Å²) >= 11 is 0. The molecule has 0 aromatic heterocycles. The summed E-state index contributed by atoms with van der Waals surface area (Å²) in [7, 11) is 0. The van der Waals surface area contributed by atoms with Crippen molar-refractivity contribution in [1.82, 2.24) is 0 Å². The van der Waals surface area contributed by atoms with Gasteiger partial charge >= 0.3 is 35.5 Å². The summed E-state index contributed by atoms with van der Waals surface area (Å²) in [4.78, 5) is 23.5. The molecule has 0 amide bonds. The van der Waals surface area contributed by atoms with Gasteiger partial charge in [-0.15, -0.1) is 0 Å². The minimum absolute atomic E-state index is 0. The van der Waals surface area contributed by atoms with Gasteiger partial charge in [0.1, 0.15) is 6.10 Å². The number of carboxylic acids is 1. The number of carbonyl (C=O) groups excluding carboxylic acids is 2. The number of hydrogen-bond acceptors (Lipinski definition) is 7. The zero-order valence-electron chi connectivity index (χ0n) is 20.7. The van der Waals surface area contributed by atoms with Crippen molar-refractivity contribution in [3.05, 3.63) is 23.8 Å². The molecular weight excluding hydrogens is 435 g/mol. The molecule has 0 aliphatic heterocycles. The van der Waals surface area contributed by atoms with Gasteiger partial charge in [0.2, 0.25) is 0 Å². The number of aliphatic hydroxyl groups is 3.